The quantitative estimate of drug-likeness (QED) is 0.935. The van der Waals surface area contributed by atoms with Crippen molar-refractivity contribution in [2.75, 3.05) is 0 Å². The molecule has 2 atom stereocenters. The topological polar surface area (TPSA) is 42.0 Å². The number of nitrogens with zero attached hydrogens (tertiary/aromatic N) is 1. The Morgan fingerprint density at radius 3 is 2.39 bits per heavy atom. The fourth-order valence-electron chi connectivity index (χ4n) is 2.86. The molecule has 1 heterocycles. The van der Waals surface area contributed by atoms with Crippen molar-refractivity contribution in [3.63, 3.8) is 0 Å². The third-order valence-corrected chi connectivity index (χ3v) is 4.20. The van der Waals surface area contributed by atoms with Crippen LogP contribution in [0.25, 0.3) is 0 Å². The Morgan fingerprint density at radius 2 is 1.78 bits per heavy atom. The molecule has 1 aliphatic carbocycles. The van der Waals surface area contributed by atoms with E-state index in [1.165, 1.54) is 18.2 Å². The summed E-state index contributed by atoms with van der Waals surface area (Å²) in [7, 11) is 0. The molecule has 1 saturated carbocycles. The fourth-order valence-corrected chi connectivity index (χ4v) is 2.86. The van der Waals surface area contributed by atoms with Crippen molar-refractivity contribution < 1.29 is 18.0 Å². The van der Waals surface area contributed by atoms with Gasteiger partial charge in [-0.25, -0.2) is 0 Å². The Kier molecular flexibility index (Phi) is 4.07. The van der Waals surface area contributed by atoms with Crippen LogP contribution in [0.2, 0.25) is 0 Å². The lowest BCUT2D eigenvalue weighted by atomic mass is 9.75. The van der Waals surface area contributed by atoms with Crippen molar-refractivity contribution in [2.45, 2.75) is 31.0 Å². The first kappa shape index (κ1) is 15.5. The van der Waals surface area contributed by atoms with Crippen molar-refractivity contribution in [3.8, 4) is 0 Å². The van der Waals surface area contributed by atoms with Crippen LogP contribution in [0.4, 0.5) is 13.2 Å². The second-order valence-corrected chi connectivity index (χ2v) is 5.59. The SMILES string of the molecule is O=C(N[C@@H]1CC[C@@H]1c1ccncc1)c1ccccc1C(F)(F)F. The van der Waals surface area contributed by atoms with E-state index in [1.54, 1.807) is 12.4 Å². The predicted octanol–water partition coefficient (Wildman–Crippen LogP) is 3.78. The second-order valence-electron chi connectivity index (χ2n) is 5.59. The van der Waals surface area contributed by atoms with E-state index in [9.17, 15) is 18.0 Å². The molecule has 3 nitrogen and oxygen atoms in total. The number of rotatable bonds is 3. The van der Waals surface area contributed by atoms with E-state index in [4.69, 9.17) is 0 Å². The van der Waals surface area contributed by atoms with Gasteiger partial charge in [0.15, 0.2) is 0 Å². The summed E-state index contributed by atoms with van der Waals surface area (Å²) in [4.78, 5) is 16.2. The molecular weight excluding hydrogens is 305 g/mol. The van der Waals surface area contributed by atoms with Crippen molar-refractivity contribution >= 4 is 5.91 Å². The zero-order valence-electron chi connectivity index (χ0n) is 12.2. The van der Waals surface area contributed by atoms with E-state index in [2.05, 4.69) is 10.3 Å². The van der Waals surface area contributed by atoms with Crippen molar-refractivity contribution in [1.82, 2.24) is 10.3 Å². The number of aromatic nitrogens is 1. The average Bonchev–Trinajstić information content (AvgIpc) is 2.51. The lowest BCUT2D eigenvalue weighted by molar-refractivity contribution is -0.137. The zero-order chi connectivity index (χ0) is 16.4. The van der Waals surface area contributed by atoms with Gasteiger partial charge in [0, 0.05) is 24.4 Å². The molecule has 3 rings (SSSR count). The molecule has 0 aliphatic heterocycles. The number of hydrogen-bond acceptors (Lipinski definition) is 2. The summed E-state index contributed by atoms with van der Waals surface area (Å²) in [6.45, 7) is 0. The van der Waals surface area contributed by atoms with Gasteiger partial charge in [0.1, 0.15) is 0 Å². The molecule has 0 bridgehead atoms. The highest BCUT2D eigenvalue weighted by Crippen LogP contribution is 2.37. The summed E-state index contributed by atoms with van der Waals surface area (Å²) >= 11 is 0. The van der Waals surface area contributed by atoms with E-state index < -0.39 is 17.6 Å². The molecule has 1 aromatic carbocycles. The van der Waals surface area contributed by atoms with Crippen LogP contribution >= 0.6 is 0 Å². The van der Waals surface area contributed by atoms with Crippen LogP contribution in [0, 0.1) is 0 Å². The van der Waals surface area contributed by atoms with Crippen molar-refractivity contribution in [2.24, 2.45) is 0 Å². The van der Waals surface area contributed by atoms with Gasteiger partial charge < -0.3 is 5.32 Å². The maximum atomic E-state index is 13.0. The molecule has 0 radical (unpaired) electrons. The van der Waals surface area contributed by atoms with Gasteiger partial charge in [-0.05, 0) is 42.7 Å². The van der Waals surface area contributed by atoms with E-state index in [1.807, 2.05) is 12.1 Å². The van der Waals surface area contributed by atoms with Crippen molar-refractivity contribution in [1.29, 1.82) is 0 Å². The third kappa shape index (κ3) is 3.21. The second kappa shape index (κ2) is 6.02. The number of pyridine rings is 1. The maximum Gasteiger partial charge on any atom is 0.417 e. The smallest absolute Gasteiger partial charge is 0.349 e. The van der Waals surface area contributed by atoms with Crippen LogP contribution in [-0.4, -0.2) is 16.9 Å². The zero-order valence-corrected chi connectivity index (χ0v) is 12.2. The highest BCUT2D eigenvalue weighted by molar-refractivity contribution is 5.96. The fraction of sp³-hybridized carbons (Fsp3) is 0.294. The first-order valence-corrected chi connectivity index (χ1v) is 7.34. The lowest BCUT2D eigenvalue weighted by Gasteiger charge is -2.37. The summed E-state index contributed by atoms with van der Waals surface area (Å²) in [6, 6.07) is 8.44. The van der Waals surface area contributed by atoms with Gasteiger partial charge in [-0.1, -0.05) is 12.1 Å². The first-order valence-electron chi connectivity index (χ1n) is 7.34. The molecule has 1 aromatic heterocycles. The summed E-state index contributed by atoms with van der Waals surface area (Å²) in [5, 5.41) is 2.73. The minimum Gasteiger partial charge on any atom is -0.349 e. The average molecular weight is 320 g/mol. The van der Waals surface area contributed by atoms with E-state index in [0.717, 1.165) is 24.5 Å². The summed E-state index contributed by atoms with van der Waals surface area (Å²) < 4.78 is 39.0. The Balaban J connectivity index is 1.76. The number of halogens is 3. The van der Waals surface area contributed by atoms with Gasteiger partial charge in [0.05, 0.1) is 11.1 Å². The van der Waals surface area contributed by atoms with Crippen LogP contribution in [0.5, 0.6) is 0 Å². The molecule has 1 N–H and O–H groups in total. The number of benzene rings is 1. The van der Waals surface area contributed by atoms with Gasteiger partial charge in [-0.15, -0.1) is 0 Å². The van der Waals surface area contributed by atoms with Gasteiger partial charge in [0.25, 0.3) is 5.91 Å². The number of carbonyl (C=O) groups is 1. The molecule has 23 heavy (non-hydrogen) atoms. The largest absolute Gasteiger partial charge is 0.417 e. The van der Waals surface area contributed by atoms with Crippen LogP contribution in [0.15, 0.2) is 48.8 Å². The first-order chi connectivity index (χ1) is 11.0. The Morgan fingerprint density at radius 1 is 1.09 bits per heavy atom. The van der Waals surface area contributed by atoms with Crippen LogP contribution in [0.3, 0.4) is 0 Å². The Labute approximate surface area is 131 Å². The third-order valence-electron chi connectivity index (χ3n) is 4.20. The maximum absolute atomic E-state index is 13.0. The monoisotopic (exact) mass is 320 g/mol. The molecule has 6 heteroatoms. The van der Waals surface area contributed by atoms with E-state index in [-0.39, 0.29) is 17.5 Å². The van der Waals surface area contributed by atoms with E-state index >= 15 is 0 Å². The number of carbonyl (C=O) groups excluding carboxylic acids is 1. The molecule has 0 saturated heterocycles. The highest BCUT2D eigenvalue weighted by atomic mass is 19.4. The predicted molar refractivity (Wildman–Crippen MR) is 78.9 cm³/mol. The van der Waals surface area contributed by atoms with Crippen LogP contribution < -0.4 is 5.32 Å². The summed E-state index contributed by atoms with van der Waals surface area (Å²) in [5.41, 5.74) is -0.196. The molecule has 2 aromatic rings. The van der Waals surface area contributed by atoms with Gasteiger partial charge in [-0.2, -0.15) is 13.2 Å². The van der Waals surface area contributed by atoms with E-state index in [0.29, 0.717) is 0 Å². The summed E-state index contributed by atoms with van der Waals surface area (Å²) in [6.07, 6.45) is 0.456. The molecule has 1 fully saturated rings. The number of hydrogen-bond donors (Lipinski definition) is 1. The van der Waals surface area contributed by atoms with Crippen LogP contribution in [0.1, 0.15) is 40.2 Å². The van der Waals surface area contributed by atoms with Crippen molar-refractivity contribution in [3.05, 3.63) is 65.5 Å². The standard InChI is InChI=1S/C17H15F3N2O/c18-17(19,20)14-4-2-1-3-13(14)16(23)22-15-6-5-12(15)11-7-9-21-10-8-11/h1-4,7-10,12,15H,5-6H2,(H,22,23)/t12-,15-/m1/s1. The van der Waals surface area contributed by atoms with Crippen LogP contribution in [-0.2, 0) is 6.18 Å². The number of alkyl halides is 3. The minimum absolute atomic E-state index is 0.125. The molecule has 120 valence electrons. The normalized spacial score (nSPS) is 20.7. The number of nitrogens with one attached hydrogen (secondary N) is 1. The summed E-state index contributed by atoms with van der Waals surface area (Å²) in [5.74, 6) is -0.554. The molecule has 0 spiro atoms. The van der Waals surface area contributed by atoms with Gasteiger partial charge in [-0.3, -0.25) is 9.78 Å². The lowest BCUT2D eigenvalue weighted by Crippen LogP contribution is -2.45. The molecule has 0 unspecified atom stereocenters. The molecular formula is C17H15F3N2O. The Hall–Kier alpha value is -2.37. The molecule has 1 aliphatic rings. The highest BCUT2D eigenvalue weighted by Gasteiger charge is 2.37. The Bertz CT molecular complexity index is 700. The number of amides is 1. The van der Waals surface area contributed by atoms with Gasteiger partial charge >= 0.3 is 6.18 Å². The van der Waals surface area contributed by atoms with Gasteiger partial charge in [0.2, 0.25) is 0 Å². The minimum atomic E-state index is -4.54. The molecule has 1 amide bonds.